The Balaban J connectivity index is -0.000000230. The Morgan fingerprint density at radius 1 is 0.500 bits per heavy atom. The highest BCUT2D eigenvalue weighted by Gasteiger charge is 2.59. The van der Waals surface area contributed by atoms with Crippen molar-refractivity contribution in [2.75, 3.05) is 0 Å². The van der Waals surface area contributed by atoms with Crippen LogP contribution in [0.4, 0.5) is 52.7 Å². The van der Waals surface area contributed by atoms with Gasteiger partial charge in [0, 0.05) is 0 Å². The summed E-state index contributed by atoms with van der Waals surface area (Å²) in [6.07, 6.45) is -24.2. The molecule has 0 saturated heterocycles. The van der Waals surface area contributed by atoms with E-state index in [1.165, 1.54) is 0 Å². The van der Waals surface area contributed by atoms with E-state index in [1.807, 2.05) is 0 Å². The van der Waals surface area contributed by atoms with Crippen molar-refractivity contribution in [2.45, 2.75) is 24.7 Å². The topological polar surface area (TPSA) is 57.5 Å². The first-order valence-electron chi connectivity index (χ1n) is 3.30. The van der Waals surface area contributed by atoms with E-state index in [0.717, 1.165) is 0 Å². The van der Waals surface area contributed by atoms with E-state index < -0.39 is 36.1 Å². The lowest BCUT2D eigenvalue weighted by atomic mass is 10.7. The molecule has 0 aromatic rings. The van der Waals surface area contributed by atoms with Crippen LogP contribution < -0.4 is 0 Å². The summed E-state index contributed by atoms with van der Waals surface area (Å²) in [7, 11) is 0. The van der Waals surface area contributed by atoms with Gasteiger partial charge in [-0.3, -0.25) is 9.11 Å². The number of rotatable bonds is 0. The van der Waals surface area contributed by atoms with Crippen molar-refractivity contribution in [3.63, 3.8) is 0 Å². The lowest BCUT2D eigenvalue weighted by Crippen LogP contribution is -2.30. The maximum Gasteiger partial charge on any atom is 0.487 e. The highest BCUT2D eigenvalue weighted by Crippen LogP contribution is 2.36. The Morgan fingerprint density at radius 2 is 0.550 bits per heavy atom. The smallest absolute Gasteiger partial charge is 0.284 e. The fourth-order valence-electron chi connectivity index (χ4n) is 0. The third-order valence-electron chi connectivity index (χ3n) is 0.643. The van der Waals surface area contributed by atoms with Crippen molar-refractivity contribution in [1.29, 1.82) is 0 Å². The lowest BCUT2D eigenvalue weighted by molar-refractivity contribution is -0.339. The van der Waals surface area contributed by atoms with Gasteiger partial charge in [-0.1, -0.05) is 0 Å². The molecule has 2 N–H and O–H groups in total. The largest absolute Gasteiger partial charge is 0.487 e. The van der Waals surface area contributed by atoms with Crippen molar-refractivity contribution in [3.05, 3.63) is 0 Å². The highest BCUT2D eigenvalue weighted by molar-refractivity contribution is 7.73. The van der Waals surface area contributed by atoms with Gasteiger partial charge in [0.15, 0.2) is 0 Å². The summed E-state index contributed by atoms with van der Waals surface area (Å²) < 4.78 is 148. The van der Waals surface area contributed by atoms with Crippen LogP contribution in [0.25, 0.3) is 0 Å². The maximum absolute atomic E-state index is 10.4. The summed E-state index contributed by atoms with van der Waals surface area (Å²) in [5, 5.41) is 0. The quantitative estimate of drug-likeness (QED) is 0.510. The molecule has 0 aliphatic carbocycles. The Kier molecular flexibility index (Phi) is 9.54. The van der Waals surface area contributed by atoms with Crippen LogP contribution >= 0.6 is 0 Å². The molecule has 0 saturated carbocycles. The number of alkyl halides is 12. The van der Waals surface area contributed by atoms with E-state index in [0.29, 0.717) is 0 Å². The standard InChI is InChI=1S/2C2F6.H2O3S/c2*3-1(4,5)2(6,7)8;1-4(2)3/h;;(H2,1,2,3). The zero-order valence-corrected chi connectivity index (χ0v) is 9.06. The normalized spacial score (nSPS) is 13.2. The summed E-state index contributed by atoms with van der Waals surface area (Å²) in [5.41, 5.74) is 0. The Labute approximate surface area is 103 Å². The molecule has 0 spiro atoms. The zero-order chi connectivity index (χ0) is 17.6. The summed E-state index contributed by atoms with van der Waals surface area (Å²) in [4.78, 5) is 0. The third-order valence-corrected chi connectivity index (χ3v) is 0.643. The summed E-state index contributed by atoms with van der Waals surface area (Å²) >= 11 is -2.61. The minimum Gasteiger partial charge on any atom is -0.284 e. The van der Waals surface area contributed by atoms with Gasteiger partial charge < -0.3 is 0 Å². The first-order chi connectivity index (χ1) is 8.23. The molecular formula is C4H2F12O3S. The van der Waals surface area contributed by atoms with Gasteiger partial charge in [-0.05, 0) is 0 Å². The van der Waals surface area contributed by atoms with Gasteiger partial charge >= 0.3 is 24.7 Å². The van der Waals surface area contributed by atoms with Crippen LogP contribution in [0.3, 0.4) is 0 Å². The van der Waals surface area contributed by atoms with Crippen molar-refractivity contribution in [1.82, 2.24) is 0 Å². The fourth-order valence-corrected chi connectivity index (χ4v) is 0. The van der Waals surface area contributed by atoms with Crippen molar-refractivity contribution in [2.24, 2.45) is 0 Å². The van der Waals surface area contributed by atoms with E-state index in [4.69, 9.17) is 13.3 Å². The predicted molar refractivity (Wildman–Crippen MR) is 37.6 cm³/mol. The molecule has 0 aromatic heterocycles. The van der Waals surface area contributed by atoms with Gasteiger partial charge in [0.25, 0.3) is 11.4 Å². The van der Waals surface area contributed by atoms with Gasteiger partial charge in [0.1, 0.15) is 0 Å². The Bertz CT molecular complexity index is 231. The molecule has 3 nitrogen and oxygen atoms in total. The van der Waals surface area contributed by atoms with Gasteiger partial charge in [0.05, 0.1) is 0 Å². The molecule has 0 fully saturated rings. The molecule has 0 heterocycles. The molecule has 20 heavy (non-hydrogen) atoms. The van der Waals surface area contributed by atoms with Crippen LogP contribution in [0.1, 0.15) is 0 Å². The second-order valence-corrected chi connectivity index (χ2v) is 2.68. The van der Waals surface area contributed by atoms with Crippen LogP contribution in [-0.4, -0.2) is 38.0 Å². The molecule has 0 amide bonds. The molecule has 0 aliphatic rings. The molecule has 0 aromatic carbocycles. The highest BCUT2D eigenvalue weighted by atomic mass is 32.2. The molecule has 0 atom stereocenters. The van der Waals surface area contributed by atoms with E-state index in [-0.39, 0.29) is 0 Å². The minimum atomic E-state index is -6.06. The molecule has 126 valence electrons. The van der Waals surface area contributed by atoms with Gasteiger partial charge in [-0.2, -0.15) is 56.9 Å². The molecule has 0 unspecified atom stereocenters. The molecule has 16 heteroatoms. The lowest BCUT2D eigenvalue weighted by Gasteiger charge is -2.08. The monoisotopic (exact) mass is 358 g/mol. The second-order valence-electron chi connectivity index (χ2n) is 2.22. The molecule has 0 aliphatic heterocycles. The van der Waals surface area contributed by atoms with Crippen LogP contribution in [-0.2, 0) is 11.4 Å². The first kappa shape index (κ1) is 24.3. The Morgan fingerprint density at radius 3 is 0.550 bits per heavy atom. The molecule has 0 rings (SSSR count). The third kappa shape index (κ3) is 15.3. The first-order valence-corrected chi connectivity index (χ1v) is 4.36. The van der Waals surface area contributed by atoms with Gasteiger partial charge in [-0.15, -0.1) is 0 Å². The number of hydrogen-bond acceptors (Lipinski definition) is 1. The number of halogens is 12. The molecule has 0 bridgehead atoms. The average Bonchev–Trinajstić information content (AvgIpc) is 1.94. The van der Waals surface area contributed by atoms with E-state index >= 15 is 0 Å². The summed E-state index contributed by atoms with van der Waals surface area (Å²) in [6, 6.07) is 0. The molecular weight excluding hydrogens is 356 g/mol. The van der Waals surface area contributed by atoms with Crippen LogP contribution in [0, 0.1) is 0 Å². The second kappa shape index (κ2) is 7.87. The minimum absolute atomic E-state index is 2.61. The van der Waals surface area contributed by atoms with Gasteiger partial charge in [0.2, 0.25) is 0 Å². The SMILES string of the molecule is FC(F)(F)C(F)(F)F.FC(F)(F)C(F)(F)F.O=S(O)O. The summed E-state index contributed by atoms with van der Waals surface area (Å²) in [6.45, 7) is 0. The van der Waals surface area contributed by atoms with Gasteiger partial charge in [-0.25, -0.2) is 0 Å². The van der Waals surface area contributed by atoms with Crippen molar-refractivity contribution < 1.29 is 66.0 Å². The fraction of sp³-hybridized carbons (Fsp3) is 1.00. The number of hydrogen-bond donors (Lipinski definition) is 2. The summed E-state index contributed by atoms with van der Waals surface area (Å²) in [5.74, 6) is 0. The average molecular weight is 358 g/mol. The maximum atomic E-state index is 10.4. The van der Waals surface area contributed by atoms with Crippen LogP contribution in [0.15, 0.2) is 0 Å². The van der Waals surface area contributed by atoms with E-state index in [2.05, 4.69) is 0 Å². The molecule has 0 radical (unpaired) electrons. The Hall–Kier alpha value is -0.770. The predicted octanol–water partition coefficient (Wildman–Crippen LogP) is 3.90. The zero-order valence-electron chi connectivity index (χ0n) is 8.25. The van der Waals surface area contributed by atoms with Crippen LogP contribution in [0.2, 0.25) is 0 Å². The van der Waals surface area contributed by atoms with Crippen LogP contribution in [0.5, 0.6) is 0 Å². The van der Waals surface area contributed by atoms with Crippen molar-refractivity contribution >= 4 is 11.4 Å². The van der Waals surface area contributed by atoms with E-state index in [9.17, 15) is 52.7 Å². The van der Waals surface area contributed by atoms with Crippen molar-refractivity contribution in [3.8, 4) is 0 Å². The van der Waals surface area contributed by atoms with E-state index in [1.54, 1.807) is 0 Å².